The van der Waals surface area contributed by atoms with Crippen LogP contribution in [0.25, 0.3) is 11.1 Å². The minimum atomic E-state index is -0.331. The van der Waals surface area contributed by atoms with Crippen LogP contribution in [0.3, 0.4) is 0 Å². The first-order valence-corrected chi connectivity index (χ1v) is 8.10. The van der Waals surface area contributed by atoms with Gasteiger partial charge in [-0.25, -0.2) is 0 Å². The number of benzene rings is 2. The molecule has 118 valence electrons. The minimum absolute atomic E-state index is 0.242. The van der Waals surface area contributed by atoms with Crippen molar-refractivity contribution < 1.29 is 14.3 Å². The van der Waals surface area contributed by atoms with Gasteiger partial charge in [0.15, 0.2) is 5.78 Å². The van der Waals surface area contributed by atoms with E-state index in [4.69, 9.17) is 4.74 Å². The lowest BCUT2D eigenvalue weighted by atomic mass is 9.79. The van der Waals surface area contributed by atoms with Gasteiger partial charge in [0.05, 0.1) is 12.5 Å². The van der Waals surface area contributed by atoms with Crippen molar-refractivity contribution in [2.45, 2.75) is 32.1 Å². The van der Waals surface area contributed by atoms with Gasteiger partial charge in [0.1, 0.15) is 5.75 Å². The Hall–Kier alpha value is -2.42. The zero-order chi connectivity index (χ0) is 16.2. The van der Waals surface area contributed by atoms with Crippen molar-refractivity contribution in [2.24, 2.45) is 0 Å². The van der Waals surface area contributed by atoms with Gasteiger partial charge in [0.2, 0.25) is 5.78 Å². The smallest absolute Gasteiger partial charge is 0.205 e. The maximum atomic E-state index is 12.3. The van der Waals surface area contributed by atoms with E-state index in [2.05, 4.69) is 0 Å². The lowest BCUT2D eigenvalue weighted by Crippen LogP contribution is -2.27. The lowest BCUT2D eigenvalue weighted by Gasteiger charge is -2.23. The summed E-state index contributed by atoms with van der Waals surface area (Å²) in [5.74, 6) is -0.0223. The largest absolute Gasteiger partial charge is 0.493 e. The number of Topliss-reactive ketones (excluding diaryl/α,β-unsaturated/α-hetero) is 2. The molecule has 0 N–H and O–H groups in total. The zero-order valence-corrected chi connectivity index (χ0v) is 13.2. The van der Waals surface area contributed by atoms with Gasteiger partial charge < -0.3 is 4.74 Å². The van der Waals surface area contributed by atoms with Gasteiger partial charge >= 0.3 is 0 Å². The highest BCUT2D eigenvalue weighted by Crippen LogP contribution is 2.38. The highest BCUT2D eigenvalue weighted by atomic mass is 16.5. The maximum Gasteiger partial charge on any atom is 0.205 e. The van der Waals surface area contributed by atoms with E-state index in [9.17, 15) is 9.59 Å². The molecule has 3 nitrogen and oxygen atoms in total. The fourth-order valence-corrected chi connectivity index (χ4v) is 3.23. The summed E-state index contributed by atoms with van der Waals surface area (Å²) in [4.78, 5) is 24.2. The third-order valence-electron chi connectivity index (χ3n) is 4.30. The Labute approximate surface area is 136 Å². The molecule has 0 bridgehead atoms. The Morgan fingerprint density at radius 3 is 2.48 bits per heavy atom. The zero-order valence-electron chi connectivity index (χ0n) is 13.2. The Morgan fingerprint density at radius 2 is 1.70 bits per heavy atom. The van der Waals surface area contributed by atoms with Gasteiger partial charge in [-0.1, -0.05) is 42.5 Å². The molecule has 2 aromatic carbocycles. The predicted molar refractivity (Wildman–Crippen MR) is 89.7 cm³/mol. The molecule has 1 fully saturated rings. The van der Waals surface area contributed by atoms with E-state index in [-0.39, 0.29) is 17.5 Å². The van der Waals surface area contributed by atoms with E-state index < -0.39 is 0 Å². The third kappa shape index (κ3) is 3.04. The first kappa shape index (κ1) is 15.5. The van der Waals surface area contributed by atoms with Crippen molar-refractivity contribution in [2.75, 3.05) is 6.61 Å². The van der Waals surface area contributed by atoms with Gasteiger partial charge in [-0.15, -0.1) is 0 Å². The van der Waals surface area contributed by atoms with E-state index >= 15 is 0 Å². The van der Waals surface area contributed by atoms with E-state index in [1.165, 1.54) is 0 Å². The number of para-hydroxylation sites is 1. The summed E-state index contributed by atoms with van der Waals surface area (Å²) in [7, 11) is 0. The van der Waals surface area contributed by atoms with Gasteiger partial charge in [0, 0.05) is 12.0 Å². The summed E-state index contributed by atoms with van der Waals surface area (Å²) in [5.41, 5.74) is 2.87. The van der Waals surface area contributed by atoms with Crippen molar-refractivity contribution in [3.05, 3.63) is 54.1 Å². The molecule has 1 saturated carbocycles. The van der Waals surface area contributed by atoms with Gasteiger partial charge in [-0.3, -0.25) is 9.59 Å². The van der Waals surface area contributed by atoms with Gasteiger partial charge in [0.25, 0.3) is 0 Å². The summed E-state index contributed by atoms with van der Waals surface area (Å²) >= 11 is 0. The molecule has 3 rings (SSSR count). The van der Waals surface area contributed by atoms with Crippen molar-refractivity contribution in [1.29, 1.82) is 0 Å². The standard InChI is InChI=1S/C20H20O3/c1-2-23-19-13-6-5-10-16(19)14-8-3-4-9-15(14)17-11-7-12-18(21)20(17)22/h3-6,8-10,13,17H,2,7,11-12H2,1H3. The molecule has 1 aliphatic carbocycles. The summed E-state index contributed by atoms with van der Waals surface area (Å²) in [6, 6.07) is 15.7. The molecule has 2 aromatic rings. The molecule has 3 heteroatoms. The van der Waals surface area contributed by atoms with Crippen LogP contribution in [0, 0.1) is 0 Å². The molecule has 1 aliphatic rings. The number of rotatable bonds is 4. The fraction of sp³-hybridized carbons (Fsp3) is 0.300. The van der Waals surface area contributed by atoms with E-state index in [0.717, 1.165) is 35.3 Å². The van der Waals surface area contributed by atoms with Crippen LogP contribution in [-0.4, -0.2) is 18.2 Å². The molecule has 1 unspecified atom stereocenters. The van der Waals surface area contributed by atoms with Crippen LogP contribution in [0.4, 0.5) is 0 Å². The summed E-state index contributed by atoms with van der Waals surface area (Å²) in [6.07, 6.45) is 1.89. The Morgan fingerprint density at radius 1 is 1.00 bits per heavy atom. The molecular formula is C20H20O3. The van der Waals surface area contributed by atoms with Crippen molar-refractivity contribution in [3.8, 4) is 16.9 Å². The molecule has 0 heterocycles. The Kier molecular flexibility index (Phi) is 4.56. The molecule has 0 amide bonds. The Bertz CT molecular complexity index is 733. The second-order valence-electron chi connectivity index (χ2n) is 5.75. The van der Waals surface area contributed by atoms with Crippen LogP contribution < -0.4 is 4.74 Å². The first-order valence-electron chi connectivity index (χ1n) is 8.10. The van der Waals surface area contributed by atoms with E-state index in [1.54, 1.807) is 0 Å². The quantitative estimate of drug-likeness (QED) is 0.797. The number of carbonyl (C=O) groups excluding carboxylic acids is 2. The second-order valence-corrected chi connectivity index (χ2v) is 5.75. The molecule has 0 radical (unpaired) electrons. The number of carbonyl (C=O) groups is 2. The second kappa shape index (κ2) is 6.78. The predicted octanol–water partition coefficient (Wildman–Crippen LogP) is 4.16. The number of ether oxygens (including phenoxy) is 1. The highest BCUT2D eigenvalue weighted by Gasteiger charge is 2.32. The van der Waals surface area contributed by atoms with E-state index in [1.807, 2.05) is 55.5 Å². The molecular weight excluding hydrogens is 288 g/mol. The Balaban J connectivity index is 2.08. The number of ketones is 2. The molecule has 1 atom stereocenters. The SMILES string of the molecule is CCOc1ccccc1-c1ccccc1C1CCCC(=O)C1=O. The molecule has 0 aromatic heterocycles. The topological polar surface area (TPSA) is 43.4 Å². The van der Waals surface area contributed by atoms with Crippen molar-refractivity contribution in [3.63, 3.8) is 0 Å². The lowest BCUT2D eigenvalue weighted by molar-refractivity contribution is -0.139. The van der Waals surface area contributed by atoms with Crippen LogP contribution in [0.2, 0.25) is 0 Å². The van der Waals surface area contributed by atoms with Crippen molar-refractivity contribution >= 4 is 11.6 Å². The van der Waals surface area contributed by atoms with Gasteiger partial charge in [-0.2, -0.15) is 0 Å². The summed E-state index contributed by atoms with van der Waals surface area (Å²) in [6.45, 7) is 2.53. The molecule has 0 spiro atoms. The minimum Gasteiger partial charge on any atom is -0.493 e. The average molecular weight is 308 g/mol. The maximum absolute atomic E-state index is 12.3. The monoisotopic (exact) mass is 308 g/mol. The highest BCUT2D eigenvalue weighted by molar-refractivity contribution is 6.39. The third-order valence-corrected chi connectivity index (χ3v) is 4.30. The molecule has 0 aliphatic heterocycles. The van der Waals surface area contributed by atoms with Crippen LogP contribution in [-0.2, 0) is 9.59 Å². The number of hydrogen-bond acceptors (Lipinski definition) is 3. The van der Waals surface area contributed by atoms with Gasteiger partial charge in [-0.05, 0) is 37.0 Å². The number of hydrogen-bond donors (Lipinski definition) is 0. The molecule has 0 saturated heterocycles. The first-order chi connectivity index (χ1) is 11.2. The van der Waals surface area contributed by atoms with Crippen LogP contribution in [0.15, 0.2) is 48.5 Å². The summed E-state index contributed by atoms with van der Waals surface area (Å²) < 4.78 is 5.73. The normalized spacial score (nSPS) is 18.0. The van der Waals surface area contributed by atoms with E-state index in [0.29, 0.717) is 13.0 Å². The van der Waals surface area contributed by atoms with Crippen LogP contribution >= 0.6 is 0 Å². The van der Waals surface area contributed by atoms with Crippen molar-refractivity contribution in [1.82, 2.24) is 0 Å². The fourth-order valence-electron chi connectivity index (χ4n) is 3.23. The van der Waals surface area contributed by atoms with Crippen LogP contribution in [0.1, 0.15) is 37.7 Å². The van der Waals surface area contributed by atoms with Crippen LogP contribution in [0.5, 0.6) is 5.75 Å². The average Bonchev–Trinajstić information content (AvgIpc) is 2.58. The summed E-state index contributed by atoms with van der Waals surface area (Å²) in [5, 5.41) is 0. The molecule has 23 heavy (non-hydrogen) atoms.